The zero-order chi connectivity index (χ0) is 8.72. The van der Waals surface area contributed by atoms with Crippen LogP contribution in [0.4, 0.5) is 0 Å². The van der Waals surface area contributed by atoms with Gasteiger partial charge in [0.25, 0.3) is 0 Å². The number of nitrogens with one attached hydrogen (secondary N) is 1. The van der Waals surface area contributed by atoms with Gasteiger partial charge in [-0.05, 0) is 34.5 Å². The third-order valence-electron chi connectivity index (χ3n) is 1.67. The zero-order valence-corrected chi connectivity index (χ0v) is 8.57. The van der Waals surface area contributed by atoms with Crippen molar-refractivity contribution < 1.29 is 0 Å². The van der Waals surface area contributed by atoms with Crippen LogP contribution in [0.1, 0.15) is 5.56 Å². The highest BCUT2D eigenvalue weighted by molar-refractivity contribution is 9.10. The molecule has 0 unspecified atom stereocenters. The van der Waals surface area contributed by atoms with Crippen molar-refractivity contribution in [3.63, 3.8) is 0 Å². The van der Waals surface area contributed by atoms with E-state index in [-0.39, 0.29) is 0 Å². The number of aromatic nitrogens is 3. The lowest BCUT2D eigenvalue weighted by molar-refractivity contribution is 0.959. The summed E-state index contributed by atoms with van der Waals surface area (Å²) in [4.78, 5) is 0. The predicted octanol–water partition coefficient (Wildman–Crippen LogP) is 2.68. The molecule has 0 saturated carbocycles. The minimum Gasteiger partial charge on any atom is -0.197 e. The van der Waals surface area contributed by atoms with Crippen LogP contribution in [-0.4, -0.2) is 15.4 Å². The lowest BCUT2D eigenvalue weighted by Crippen LogP contribution is -1.79. The highest BCUT2D eigenvalue weighted by Crippen LogP contribution is 2.31. The quantitative estimate of drug-likeness (QED) is 0.776. The summed E-state index contributed by atoms with van der Waals surface area (Å²) in [6.45, 7) is 1.93. The van der Waals surface area contributed by atoms with Crippen LogP contribution in [0, 0.1) is 6.92 Å². The monoisotopic (exact) mass is 245 g/mol. The first-order valence-corrected chi connectivity index (χ1v) is 4.52. The summed E-state index contributed by atoms with van der Waals surface area (Å²) < 4.78 is 0.799. The van der Waals surface area contributed by atoms with Gasteiger partial charge in [-0.1, -0.05) is 11.6 Å². The van der Waals surface area contributed by atoms with Gasteiger partial charge in [0.2, 0.25) is 0 Å². The van der Waals surface area contributed by atoms with E-state index in [4.69, 9.17) is 11.6 Å². The van der Waals surface area contributed by atoms with E-state index in [0.717, 1.165) is 21.1 Å². The fourth-order valence-electron chi connectivity index (χ4n) is 1.05. The Balaban J connectivity index is 2.94. The second-order valence-corrected chi connectivity index (χ2v) is 3.68. The van der Waals surface area contributed by atoms with Crippen molar-refractivity contribution in [3.05, 3.63) is 21.1 Å². The molecular formula is C7H5BrClN3. The van der Waals surface area contributed by atoms with E-state index in [1.165, 1.54) is 0 Å². The molecule has 0 bridgehead atoms. The summed E-state index contributed by atoms with van der Waals surface area (Å²) >= 11 is 9.34. The molecule has 0 saturated heterocycles. The number of hydrogen-bond donors (Lipinski definition) is 1. The van der Waals surface area contributed by atoms with E-state index in [1.807, 2.05) is 13.0 Å². The summed E-state index contributed by atoms with van der Waals surface area (Å²) in [6.07, 6.45) is 0. The summed E-state index contributed by atoms with van der Waals surface area (Å²) in [5.41, 5.74) is 2.58. The van der Waals surface area contributed by atoms with E-state index in [2.05, 4.69) is 31.3 Å². The van der Waals surface area contributed by atoms with Gasteiger partial charge in [0.1, 0.15) is 11.0 Å². The van der Waals surface area contributed by atoms with Gasteiger partial charge in [-0.3, -0.25) is 0 Å². The largest absolute Gasteiger partial charge is 0.197 e. The minimum absolute atomic E-state index is 0.691. The topological polar surface area (TPSA) is 41.6 Å². The van der Waals surface area contributed by atoms with E-state index in [1.54, 1.807) is 0 Å². The Labute approximate surface area is 82.2 Å². The molecule has 0 aliphatic heterocycles. The third kappa shape index (κ3) is 1.03. The van der Waals surface area contributed by atoms with Crippen LogP contribution in [-0.2, 0) is 0 Å². The molecule has 5 heteroatoms. The molecule has 0 amide bonds. The van der Waals surface area contributed by atoms with Crippen molar-refractivity contribution in [3.8, 4) is 0 Å². The molecule has 3 nitrogen and oxygen atoms in total. The highest BCUT2D eigenvalue weighted by Gasteiger charge is 2.09. The Kier molecular flexibility index (Phi) is 1.81. The summed E-state index contributed by atoms with van der Waals surface area (Å²) in [7, 11) is 0. The van der Waals surface area contributed by atoms with Crippen molar-refractivity contribution >= 4 is 38.6 Å². The van der Waals surface area contributed by atoms with Gasteiger partial charge in [-0.25, -0.2) is 0 Å². The van der Waals surface area contributed by atoms with Crippen LogP contribution in [0.3, 0.4) is 0 Å². The van der Waals surface area contributed by atoms with E-state index in [9.17, 15) is 0 Å². The van der Waals surface area contributed by atoms with Crippen LogP contribution in [0.25, 0.3) is 11.0 Å². The van der Waals surface area contributed by atoms with E-state index >= 15 is 0 Å². The van der Waals surface area contributed by atoms with Crippen molar-refractivity contribution in [2.45, 2.75) is 6.92 Å². The fourth-order valence-corrected chi connectivity index (χ4v) is 1.80. The maximum atomic E-state index is 5.99. The van der Waals surface area contributed by atoms with E-state index in [0.29, 0.717) is 5.02 Å². The minimum atomic E-state index is 0.691. The molecule has 1 aromatic heterocycles. The van der Waals surface area contributed by atoms with Gasteiger partial charge in [0.15, 0.2) is 0 Å². The molecule has 0 fully saturated rings. The Hall–Kier alpha value is -0.610. The fraction of sp³-hybridized carbons (Fsp3) is 0.143. The van der Waals surface area contributed by atoms with Crippen molar-refractivity contribution in [1.29, 1.82) is 0 Å². The molecule has 2 rings (SSSR count). The van der Waals surface area contributed by atoms with Crippen molar-refractivity contribution in [2.75, 3.05) is 0 Å². The van der Waals surface area contributed by atoms with E-state index < -0.39 is 0 Å². The first-order chi connectivity index (χ1) is 5.70. The summed E-state index contributed by atoms with van der Waals surface area (Å²) in [5.74, 6) is 0. The molecule has 0 spiro atoms. The predicted molar refractivity (Wildman–Crippen MR) is 51.3 cm³/mol. The number of fused-ring (bicyclic) bond motifs is 1. The molecule has 62 valence electrons. The number of hydrogen-bond acceptors (Lipinski definition) is 2. The van der Waals surface area contributed by atoms with Crippen LogP contribution in [0.2, 0.25) is 5.02 Å². The van der Waals surface area contributed by atoms with Gasteiger partial charge < -0.3 is 0 Å². The molecule has 1 aromatic carbocycles. The SMILES string of the molecule is Cc1cc2n[nH]nc2c(Br)c1Cl. The first kappa shape index (κ1) is 8.01. The standard InChI is InChI=1S/C7H5BrClN3/c1-3-2-4-7(11-12-10-4)5(8)6(3)9/h2H,1H3,(H,10,11,12). The molecule has 2 aromatic rings. The average Bonchev–Trinajstić information content (AvgIpc) is 2.48. The molecule has 0 aliphatic rings. The molecular weight excluding hydrogens is 241 g/mol. The Bertz CT molecular complexity index is 437. The third-order valence-corrected chi connectivity index (χ3v) is 3.16. The van der Waals surface area contributed by atoms with Crippen LogP contribution in [0.5, 0.6) is 0 Å². The van der Waals surface area contributed by atoms with Gasteiger partial charge >= 0.3 is 0 Å². The number of H-pyrrole nitrogens is 1. The average molecular weight is 246 g/mol. The Morgan fingerprint density at radius 2 is 2.25 bits per heavy atom. The molecule has 0 atom stereocenters. The molecule has 1 heterocycles. The van der Waals surface area contributed by atoms with Crippen molar-refractivity contribution in [2.24, 2.45) is 0 Å². The smallest absolute Gasteiger partial charge is 0.128 e. The molecule has 12 heavy (non-hydrogen) atoms. The Morgan fingerprint density at radius 3 is 3.00 bits per heavy atom. The molecule has 1 N–H and O–H groups in total. The zero-order valence-electron chi connectivity index (χ0n) is 6.23. The van der Waals surface area contributed by atoms with Crippen LogP contribution < -0.4 is 0 Å². The lowest BCUT2D eigenvalue weighted by atomic mass is 10.2. The lowest BCUT2D eigenvalue weighted by Gasteiger charge is -1.99. The molecule has 0 aliphatic carbocycles. The molecule has 0 radical (unpaired) electrons. The summed E-state index contributed by atoms with van der Waals surface area (Å²) in [5, 5.41) is 11.1. The summed E-state index contributed by atoms with van der Waals surface area (Å²) in [6, 6.07) is 1.89. The number of nitrogens with zero attached hydrogens (tertiary/aromatic N) is 2. The maximum Gasteiger partial charge on any atom is 0.128 e. The van der Waals surface area contributed by atoms with Crippen LogP contribution >= 0.6 is 27.5 Å². The second kappa shape index (κ2) is 2.71. The van der Waals surface area contributed by atoms with Gasteiger partial charge in [0, 0.05) is 0 Å². The maximum absolute atomic E-state index is 5.99. The van der Waals surface area contributed by atoms with Gasteiger partial charge in [-0.2, -0.15) is 15.4 Å². The Morgan fingerprint density at radius 1 is 1.50 bits per heavy atom. The van der Waals surface area contributed by atoms with Gasteiger partial charge in [0.05, 0.1) is 9.50 Å². The van der Waals surface area contributed by atoms with Crippen molar-refractivity contribution in [1.82, 2.24) is 15.4 Å². The van der Waals surface area contributed by atoms with Gasteiger partial charge in [-0.15, -0.1) is 0 Å². The number of benzene rings is 1. The normalized spacial score (nSPS) is 10.9. The number of rotatable bonds is 0. The highest BCUT2D eigenvalue weighted by atomic mass is 79.9. The second-order valence-electron chi connectivity index (χ2n) is 2.51. The van der Waals surface area contributed by atoms with Crippen LogP contribution in [0.15, 0.2) is 10.5 Å². The number of aryl methyl sites for hydroxylation is 1. The number of halogens is 2. The first-order valence-electron chi connectivity index (χ1n) is 3.35. The number of aromatic amines is 1.